The molecule has 0 aromatic heterocycles. The summed E-state index contributed by atoms with van der Waals surface area (Å²) in [5.74, 6) is -0.704. The zero-order valence-electron chi connectivity index (χ0n) is 47.6. The number of esters is 3. The van der Waals surface area contributed by atoms with Gasteiger partial charge in [-0.3, -0.25) is 14.4 Å². The molecule has 16 nitrogen and oxygen atoms in total. The van der Waals surface area contributed by atoms with E-state index in [1.54, 1.807) is 14.7 Å². The van der Waals surface area contributed by atoms with Crippen molar-refractivity contribution in [2.45, 2.75) is 240 Å². The average molecular weight is 1050 g/mol. The van der Waals surface area contributed by atoms with Gasteiger partial charge in [0.05, 0.1) is 19.7 Å². The van der Waals surface area contributed by atoms with E-state index in [0.717, 1.165) is 140 Å². The molecule has 1 rings (SSSR count). The number of amides is 3. The lowest BCUT2D eigenvalue weighted by atomic mass is 10.1. The molecule has 74 heavy (non-hydrogen) atoms. The normalized spacial score (nSPS) is 11.6. The van der Waals surface area contributed by atoms with E-state index in [-0.39, 0.29) is 57.4 Å². The number of hydrogen-bond donors (Lipinski definition) is 1. The summed E-state index contributed by atoms with van der Waals surface area (Å²) >= 11 is 0. The molecule has 0 spiro atoms. The van der Waals surface area contributed by atoms with Crippen molar-refractivity contribution in [3.63, 3.8) is 0 Å². The van der Waals surface area contributed by atoms with Crippen molar-refractivity contribution >= 4 is 36.2 Å². The van der Waals surface area contributed by atoms with E-state index >= 15 is 0 Å². The van der Waals surface area contributed by atoms with Crippen LogP contribution in [-0.4, -0.2) is 132 Å². The molecule has 0 heterocycles. The van der Waals surface area contributed by atoms with Crippen LogP contribution in [0.3, 0.4) is 0 Å². The summed E-state index contributed by atoms with van der Waals surface area (Å²) in [4.78, 5) is 80.2. The van der Waals surface area contributed by atoms with Gasteiger partial charge in [0.2, 0.25) is 0 Å². The quantitative estimate of drug-likeness (QED) is 0.0372. The van der Waals surface area contributed by atoms with E-state index in [4.69, 9.17) is 28.4 Å². The molecule has 0 saturated heterocycles. The minimum Gasteiger partial charge on any atom is -0.464 e. The molecule has 0 radical (unpaired) electrons. The van der Waals surface area contributed by atoms with Gasteiger partial charge >= 0.3 is 36.2 Å². The largest absolute Gasteiger partial charge is 0.464 e. The van der Waals surface area contributed by atoms with Crippen LogP contribution in [0.5, 0.6) is 0 Å². The van der Waals surface area contributed by atoms with Crippen LogP contribution < -0.4 is 0 Å². The predicted octanol–water partition coefficient (Wildman–Crippen LogP) is 12.9. The number of carbonyl (C=O) groups is 6. The first-order chi connectivity index (χ1) is 35.1. The zero-order chi connectivity index (χ0) is 55.1. The van der Waals surface area contributed by atoms with Crippen LogP contribution in [0.15, 0.2) is 30.3 Å². The minimum atomic E-state index is -0.646. The molecule has 1 aromatic rings. The Balaban J connectivity index is 2.24. The average Bonchev–Trinajstić information content (AvgIpc) is 3.31. The molecule has 426 valence electrons. The van der Waals surface area contributed by atoms with Gasteiger partial charge in [0.15, 0.2) is 0 Å². The summed E-state index contributed by atoms with van der Waals surface area (Å²) in [5, 5.41) is 9.33. The highest BCUT2D eigenvalue weighted by molar-refractivity contribution is 5.71. The minimum absolute atomic E-state index is 0.104. The second-order valence-electron chi connectivity index (χ2n) is 22.4. The fourth-order valence-electron chi connectivity index (χ4n) is 7.84. The van der Waals surface area contributed by atoms with Crippen LogP contribution in [0.1, 0.15) is 222 Å². The number of hydrogen-bond acceptors (Lipinski definition) is 13. The summed E-state index contributed by atoms with van der Waals surface area (Å²) < 4.78 is 33.1. The first-order valence-electron chi connectivity index (χ1n) is 28.1. The first-order valence-corrected chi connectivity index (χ1v) is 28.1. The molecule has 1 aromatic carbocycles. The molecule has 3 amide bonds. The number of benzene rings is 1. The molecule has 0 atom stereocenters. The number of aliphatic hydroxyl groups excluding tert-OH is 1. The summed E-state index contributed by atoms with van der Waals surface area (Å²) in [7, 11) is 0. The van der Waals surface area contributed by atoms with E-state index in [2.05, 4.69) is 0 Å². The first kappa shape index (κ1) is 67.4. The fraction of sp³-hybridized carbons (Fsp3) is 0.793. The number of ether oxygens (including phenoxy) is 6. The third-order valence-corrected chi connectivity index (χ3v) is 11.7. The third kappa shape index (κ3) is 39.8. The predicted molar refractivity (Wildman–Crippen MR) is 289 cm³/mol. The van der Waals surface area contributed by atoms with Crippen molar-refractivity contribution in [1.29, 1.82) is 0 Å². The van der Waals surface area contributed by atoms with E-state index < -0.39 is 35.1 Å². The highest BCUT2D eigenvalue weighted by atomic mass is 16.6. The van der Waals surface area contributed by atoms with Crippen LogP contribution in [0.2, 0.25) is 0 Å². The van der Waals surface area contributed by atoms with Gasteiger partial charge in [-0.25, -0.2) is 14.4 Å². The monoisotopic (exact) mass is 1050 g/mol. The maximum Gasteiger partial charge on any atom is 0.410 e. The van der Waals surface area contributed by atoms with E-state index in [9.17, 15) is 33.9 Å². The summed E-state index contributed by atoms with van der Waals surface area (Å²) in [5.41, 5.74) is -0.874. The van der Waals surface area contributed by atoms with Crippen LogP contribution in [0, 0.1) is 0 Å². The van der Waals surface area contributed by atoms with Crippen molar-refractivity contribution in [2.24, 2.45) is 0 Å². The molecule has 0 aliphatic heterocycles. The van der Waals surface area contributed by atoms with Crippen LogP contribution >= 0.6 is 0 Å². The Bertz CT molecular complexity index is 1670. The van der Waals surface area contributed by atoms with Gasteiger partial charge in [0, 0.05) is 45.4 Å². The highest BCUT2D eigenvalue weighted by Gasteiger charge is 2.24. The smallest absolute Gasteiger partial charge is 0.410 e. The molecule has 0 aliphatic rings. The molecule has 0 unspecified atom stereocenters. The lowest BCUT2D eigenvalue weighted by Gasteiger charge is -2.27. The topological polar surface area (TPSA) is 188 Å². The summed E-state index contributed by atoms with van der Waals surface area (Å²) in [6, 6.07) is 9.68. The zero-order valence-corrected chi connectivity index (χ0v) is 47.6. The number of rotatable bonds is 40. The Morgan fingerprint density at radius 1 is 0.378 bits per heavy atom. The van der Waals surface area contributed by atoms with Crippen molar-refractivity contribution in [3.8, 4) is 0 Å². The Morgan fingerprint density at radius 2 is 0.662 bits per heavy atom. The molecule has 1 N–H and O–H groups in total. The van der Waals surface area contributed by atoms with E-state index in [1.165, 1.54) is 0 Å². The Labute approximate surface area is 446 Å². The lowest BCUT2D eigenvalue weighted by molar-refractivity contribution is -0.145. The van der Waals surface area contributed by atoms with Gasteiger partial charge in [-0.15, -0.1) is 0 Å². The van der Waals surface area contributed by atoms with Crippen LogP contribution in [-0.2, 0) is 49.4 Å². The Kier molecular flexibility index (Phi) is 36.2. The summed E-state index contributed by atoms with van der Waals surface area (Å²) in [6.07, 6.45) is 19.4. The number of unbranched alkanes of at least 4 members (excludes halogenated alkanes) is 18. The third-order valence-electron chi connectivity index (χ3n) is 11.7. The van der Waals surface area contributed by atoms with Crippen molar-refractivity contribution < 1.29 is 62.3 Å². The van der Waals surface area contributed by atoms with Gasteiger partial charge < -0.3 is 48.2 Å². The van der Waals surface area contributed by atoms with Crippen LogP contribution in [0.25, 0.3) is 0 Å². The van der Waals surface area contributed by atoms with Crippen molar-refractivity contribution in [1.82, 2.24) is 14.7 Å². The number of carbonyl (C=O) groups excluding carboxylic acids is 6. The van der Waals surface area contributed by atoms with Crippen LogP contribution in [0.4, 0.5) is 14.4 Å². The molecule has 16 heteroatoms. The molecule has 0 bridgehead atoms. The molecule has 0 saturated carbocycles. The Hall–Kier alpha value is -4.60. The molecular formula is C58H101N3O13. The number of nitrogens with zero attached hydrogens (tertiary/aromatic N) is 3. The second kappa shape index (κ2) is 39.8. The second-order valence-corrected chi connectivity index (χ2v) is 22.4. The van der Waals surface area contributed by atoms with Crippen molar-refractivity contribution in [2.75, 3.05) is 59.1 Å². The van der Waals surface area contributed by atoms with Gasteiger partial charge in [-0.1, -0.05) is 127 Å². The van der Waals surface area contributed by atoms with Gasteiger partial charge in [0.1, 0.15) is 36.6 Å². The molecular weight excluding hydrogens is 947 g/mol. The SMILES string of the molecule is CC(C)(C)OC(=O)N(CCO)CCCCCCCCCC(=O)OCCN(CCCCCCCCCC(=O)OCCN(CCCCCCCCCC(=O)OCc1ccccc1)C(=O)OC(C)(C)C)C(=O)OC(C)(C)C. The maximum absolute atomic E-state index is 13.0. The molecule has 0 aliphatic carbocycles. The fourth-order valence-corrected chi connectivity index (χ4v) is 7.84. The van der Waals surface area contributed by atoms with E-state index in [1.807, 2.05) is 92.6 Å². The Morgan fingerprint density at radius 3 is 0.973 bits per heavy atom. The standard InChI is InChI=1S/C58H101N3O13/c1-56(2,3)72-53(66)59(42-45-62)39-31-22-16-10-13-19-28-36-50(63)69-46-43-60(54(67)73-57(4,5)6)40-32-23-17-11-14-20-29-37-51(64)70-47-44-61(55(68)74-58(7,8)9)41-33-24-18-12-15-21-30-38-52(65)71-48-49-34-26-25-27-35-49/h25-27,34-35,62H,10-24,28-33,36-48H2,1-9H3. The lowest BCUT2D eigenvalue weighted by Crippen LogP contribution is -2.39. The van der Waals surface area contributed by atoms with Gasteiger partial charge in [-0.05, 0) is 106 Å². The van der Waals surface area contributed by atoms with Crippen molar-refractivity contribution in [3.05, 3.63) is 35.9 Å². The van der Waals surface area contributed by atoms with Gasteiger partial charge in [0.25, 0.3) is 0 Å². The maximum atomic E-state index is 13.0. The van der Waals surface area contributed by atoms with E-state index in [0.29, 0.717) is 45.5 Å². The highest BCUT2D eigenvalue weighted by Crippen LogP contribution is 2.17. The molecule has 0 fully saturated rings. The number of aliphatic hydroxyl groups is 1. The summed E-state index contributed by atoms with van der Waals surface area (Å²) in [6.45, 7) is 19.3. The van der Waals surface area contributed by atoms with Gasteiger partial charge in [-0.2, -0.15) is 0 Å².